The van der Waals surface area contributed by atoms with Crippen LogP contribution < -0.4 is 19.9 Å². The molecule has 1 N–H and O–H groups in total. The molecule has 2 rings (SSSR count). The molecule has 126 valence electrons. The van der Waals surface area contributed by atoms with Gasteiger partial charge in [-0.05, 0) is 23.8 Å². The van der Waals surface area contributed by atoms with Gasteiger partial charge >= 0.3 is 6.03 Å². The summed E-state index contributed by atoms with van der Waals surface area (Å²) in [4.78, 5) is 46.3. The molecule has 0 saturated carbocycles. The molecule has 0 unspecified atom stereocenters. The number of hydrogen-bond acceptors (Lipinski definition) is 7. The Morgan fingerprint density at radius 1 is 1.29 bits per heavy atom. The summed E-state index contributed by atoms with van der Waals surface area (Å²) in [6.07, 6.45) is 1.28. The molecular formula is C15H13N2O7-. The van der Waals surface area contributed by atoms with Gasteiger partial charge < -0.3 is 19.4 Å². The number of benzene rings is 1. The molecule has 1 aliphatic heterocycles. The number of likely N-dealkylation sites (N-methyl/N-ethyl adjacent to an activating group) is 1. The van der Waals surface area contributed by atoms with Gasteiger partial charge in [-0.15, -0.1) is 0 Å². The lowest BCUT2D eigenvalue weighted by Gasteiger charge is -2.22. The zero-order valence-electron chi connectivity index (χ0n) is 12.8. The van der Waals surface area contributed by atoms with E-state index < -0.39 is 30.4 Å². The van der Waals surface area contributed by atoms with Crippen molar-refractivity contribution in [2.75, 3.05) is 20.8 Å². The number of carboxylic acids is 1. The van der Waals surface area contributed by atoms with Gasteiger partial charge in [-0.25, -0.2) is 4.79 Å². The van der Waals surface area contributed by atoms with Crippen LogP contribution in [0.5, 0.6) is 11.5 Å². The predicted octanol–water partition coefficient (Wildman–Crippen LogP) is -1.08. The average Bonchev–Trinajstić information content (AvgIpc) is 2.55. The summed E-state index contributed by atoms with van der Waals surface area (Å²) in [6.45, 7) is -0.648. The third-order valence-corrected chi connectivity index (χ3v) is 3.15. The number of carboxylic acid groups (broad SMARTS) is 1. The molecule has 1 heterocycles. The molecule has 1 fully saturated rings. The van der Waals surface area contributed by atoms with Crippen molar-refractivity contribution in [2.45, 2.75) is 0 Å². The van der Waals surface area contributed by atoms with E-state index in [9.17, 15) is 24.3 Å². The first-order valence-electron chi connectivity index (χ1n) is 6.69. The average molecular weight is 333 g/mol. The van der Waals surface area contributed by atoms with Gasteiger partial charge in [0.05, 0.1) is 13.1 Å². The maximum Gasteiger partial charge on any atom is 0.331 e. The van der Waals surface area contributed by atoms with E-state index in [4.69, 9.17) is 9.47 Å². The van der Waals surface area contributed by atoms with Gasteiger partial charge in [-0.2, -0.15) is 0 Å². The highest BCUT2D eigenvalue weighted by atomic mass is 16.5. The highest BCUT2D eigenvalue weighted by Gasteiger charge is 2.33. The molecule has 1 aromatic rings. The molecule has 0 atom stereocenters. The third kappa shape index (κ3) is 3.51. The van der Waals surface area contributed by atoms with Crippen molar-refractivity contribution in [2.24, 2.45) is 0 Å². The van der Waals surface area contributed by atoms with E-state index in [2.05, 4.69) is 0 Å². The minimum atomic E-state index is -1.39. The van der Waals surface area contributed by atoms with Crippen molar-refractivity contribution in [3.63, 3.8) is 0 Å². The highest BCUT2D eigenvalue weighted by Crippen LogP contribution is 2.29. The summed E-state index contributed by atoms with van der Waals surface area (Å²) in [6, 6.07) is 3.57. The number of urea groups is 1. The summed E-state index contributed by atoms with van der Waals surface area (Å²) >= 11 is 0. The molecule has 0 spiro atoms. The number of aliphatic carboxylic acids is 1. The Balaban J connectivity index is 2.32. The quantitative estimate of drug-likeness (QED) is 0.536. The molecule has 1 saturated heterocycles. The number of hydrogen-bond donors (Lipinski definition) is 1. The number of barbiturate groups is 1. The van der Waals surface area contributed by atoms with Crippen molar-refractivity contribution < 1.29 is 33.8 Å². The highest BCUT2D eigenvalue weighted by molar-refractivity contribution is 6.30. The fourth-order valence-corrected chi connectivity index (χ4v) is 1.94. The fraction of sp³-hybridized carbons (Fsp3) is 0.200. The van der Waals surface area contributed by atoms with Crippen LogP contribution in [0.1, 0.15) is 5.56 Å². The molecule has 0 aromatic heterocycles. The zero-order chi connectivity index (χ0) is 17.9. The van der Waals surface area contributed by atoms with Crippen LogP contribution in [0.15, 0.2) is 23.8 Å². The Hall–Kier alpha value is -3.36. The fourth-order valence-electron chi connectivity index (χ4n) is 1.94. The normalized spacial score (nSPS) is 16.2. The zero-order valence-corrected chi connectivity index (χ0v) is 12.8. The summed E-state index contributed by atoms with van der Waals surface area (Å²) in [7, 11) is 2.60. The minimum Gasteiger partial charge on any atom is -0.546 e. The predicted molar refractivity (Wildman–Crippen MR) is 77.8 cm³/mol. The summed E-state index contributed by atoms with van der Waals surface area (Å²) in [5.41, 5.74) is 0.205. The van der Waals surface area contributed by atoms with Gasteiger partial charge in [0.1, 0.15) is 12.2 Å². The summed E-state index contributed by atoms with van der Waals surface area (Å²) in [5.74, 6) is -2.56. The monoisotopic (exact) mass is 333 g/mol. The van der Waals surface area contributed by atoms with Crippen LogP contribution in [0, 0.1) is 0 Å². The van der Waals surface area contributed by atoms with Crippen LogP contribution in [0.3, 0.4) is 0 Å². The molecule has 24 heavy (non-hydrogen) atoms. The number of carbonyl (C=O) groups excluding carboxylic acids is 4. The number of imide groups is 2. The molecule has 9 heteroatoms. The van der Waals surface area contributed by atoms with Crippen molar-refractivity contribution in [1.82, 2.24) is 10.2 Å². The van der Waals surface area contributed by atoms with Crippen molar-refractivity contribution >= 4 is 29.9 Å². The lowest BCUT2D eigenvalue weighted by molar-refractivity contribution is -0.307. The Morgan fingerprint density at radius 2 is 2.00 bits per heavy atom. The second kappa shape index (κ2) is 6.82. The topological polar surface area (TPSA) is 125 Å². The van der Waals surface area contributed by atoms with E-state index in [-0.39, 0.29) is 17.1 Å². The Kier molecular flexibility index (Phi) is 4.83. The van der Waals surface area contributed by atoms with E-state index >= 15 is 0 Å². The van der Waals surface area contributed by atoms with E-state index in [1.807, 2.05) is 5.32 Å². The van der Waals surface area contributed by atoms with Crippen molar-refractivity contribution in [3.8, 4) is 11.5 Å². The molecule has 4 amide bonds. The first-order chi connectivity index (χ1) is 11.3. The van der Waals surface area contributed by atoms with Gasteiger partial charge in [-0.1, -0.05) is 6.07 Å². The largest absolute Gasteiger partial charge is 0.546 e. The lowest BCUT2D eigenvalue weighted by Crippen LogP contribution is -2.52. The van der Waals surface area contributed by atoms with Gasteiger partial charge in [0, 0.05) is 7.05 Å². The summed E-state index contributed by atoms with van der Waals surface area (Å²) < 4.78 is 10.1. The molecule has 0 bridgehead atoms. The minimum absolute atomic E-state index is 0.163. The second-order valence-electron chi connectivity index (χ2n) is 4.75. The van der Waals surface area contributed by atoms with Crippen LogP contribution in [0.25, 0.3) is 6.08 Å². The molecule has 1 aliphatic rings. The molecule has 0 radical (unpaired) electrons. The number of ether oxygens (including phenoxy) is 2. The van der Waals surface area contributed by atoms with Crippen LogP contribution in [-0.2, 0) is 14.4 Å². The van der Waals surface area contributed by atoms with Crippen LogP contribution in [-0.4, -0.2) is 49.5 Å². The number of nitrogens with one attached hydrogen (secondary N) is 1. The molecule has 9 nitrogen and oxygen atoms in total. The smallest absolute Gasteiger partial charge is 0.331 e. The van der Waals surface area contributed by atoms with Gasteiger partial charge in [0.15, 0.2) is 11.5 Å². The standard InChI is InChI=1S/C15H14N2O7/c1-17-14(21)9(13(20)16-15(17)22)5-8-3-4-10(11(6-8)23-2)24-7-12(18)19/h3-6H,7H2,1-2H3,(H,18,19)(H,16,20,22)/p-1/b9-5-. The first kappa shape index (κ1) is 17.0. The second-order valence-corrected chi connectivity index (χ2v) is 4.75. The Bertz CT molecular complexity index is 754. The van der Waals surface area contributed by atoms with E-state index in [0.29, 0.717) is 5.56 Å². The van der Waals surface area contributed by atoms with Crippen LogP contribution in [0.4, 0.5) is 4.79 Å². The lowest BCUT2D eigenvalue weighted by atomic mass is 10.1. The van der Waals surface area contributed by atoms with Crippen LogP contribution in [0.2, 0.25) is 0 Å². The number of nitrogens with zero attached hydrogens (tertiary/aromatic N) is 1. The number of amides is 4. The van der Waals surface area contributed by atoms with E-state index in [1.54, 1.807) is 0 Å². The molecule has 1 aromatic carbocycles. The van der Waals surface area contributed by atoms with Gasteiger partial charge in [0.25, 0.3) is 11.8 Å². The molecular weight excluding hydrogens is 320 g/mol. The van der Waals surface area contributed by atoms with Crippen molar-refractivity contribution in [3.05, 3.63) is 29.3 Å². The Labute approximate surface area is 136 Å². The van der Waals surface area contributed by atoms with Gasteiger partial charge in [0.2, 0.25) is 0 Å². The van der Waals surface area contributed by atoms with Crippen LogP contribution >= 0.6 is 0 Å². The van der Waals surface area contributed by atoms with E-state index in [1.165, 1.54) is 38.4 Å². The first-order valence-corrected chi connectivity index (χ1v) is 6.69. The number of rotatable bonds is 5. The number of methoxy groups -OCH3 is 1. The number of carbonyl (C=O) groups is 4. The third-order valence-electron chi connectivity index (χ3n) is 3.15. The van der Waals surface area contributed by atoms with Crippen molar-refractivity contribution in [1.29, 1.82) is 0 Å². The van der Waals surface area contributed by atoms with E-state index in [0.717, 1.165) is 4.90 Å². The van der Waals surface area contributed by atoms with Gasteiger partial charge in [-0.3, -0.25) is 19.8 Å². The maximum atomic E-state index is 12.0. The molecule has 0 aliphatic carbocycles. The maximum absolute atomic E-state index is 12.0. The SMILES string of the molecule is COc1cc(/C=C2/C(=O)NC(=O)N(C)C2=O)ccc1OCC(=O)[O-]. The summed E-state index contributed by atoms with van der Waals surface area (Å²) in [5, 5.41) is 12.5. The Morgan fingerprint density at radius 3 is 2.62 bits per heavy atom.